The number of methoxy groups -OCH3 is 1. The van der Waals surface area contributed by atoms with Gasteiger partial charge in [0.15, 0.2) is 0 Å². The molecular weight excluding hydrogens is 224 g/mol. The average Bonchev–Trinajstić information content (AvgIpc) is 2.41. The van der Waals surface area contributed by atoms with Gasteiger partial charge in [-0.25, -0.2) is 0 Å². The molecule has 18 heavy (non-hydrogen) atoms. The molecule has 0 aliphatic rings. The van der Waals surface area contributed by atoms with Crippen LogP contribution in [0.1, 0.15) is 24.8 Å². The summed E-state index contributed by atoms with van der Waals surface area (Å²) < 4.78 is 5.09. The summed E-state index contributed by atoms with van der Waals surface area (Å²) in [6, 6.07) is 11.0. The molecule has 1 aromatic rings. The van der Waals surface area contributed by atoms with Crippen molar-refractivity contribution in [1.82, 2.24) is 4.90 Å². The molecule has 0 aliphatic carbocycles. The van der Waals surface area contributed by atoms with Crippen LogP contribution in [0.15, 0.2) is 30.3 Å². The van der Waals surface area contributed by atoms with Crippen LogP contribution in [0.2, 0.25) is 0 Å². The van der Waals surface area contributed by atoms with Gasteiger partial charge >= 0.3 is 0 Å². The van der Waals surface area contributed by atoms with E-state index in [1.54, 1.807) is 7.11 Å². The van der Waals surface area contributed by atoms with Gasteiger partial charge in [-0.3, -0.25) is 0 Å². The summed E-state index contributed by atoms with van der Waals surface area (Å²) in [5, 5.41) is 0. The number of hydrogen-bond donors (Lipinski definition) is 1. The standard InChI is InChI=1S/C15H26N2O/c1-13(14-8-5-4-6-9-14)15(12-16)17(2)10-7-11-18-3/h4-6,8-9,13,15H,7,10-12,16H2,1-3H3. The smallest absolute Gasteiger partial charge is 0.0474 e. The highest BCUT2D eigenvalue weighted by atomic mass is 16.5. The first-order chi connectivity index (χ1) is 8.70. The van der Waals surface area contributed by atoms with Crippen LogP contribution in [-0.4, -0.2) is 44.8 Å². The van der Waals surface area contributed by atoms with E-state index in [-0.39, 0.29) is 0 Å². The van der Waals surface area contributed by atoms with Crippen molar-refractivity contribution in [2.75, 3.05) is 33.9 Å². The number of rotatable bonds is 8. The molecule has 0 heterocycles. The lowest BCUT2D eigenvalue weighted by Crippen LogP contribution is -2.42. The van der Waals surface area contributed by atoms with Crippen molar-refractivity contribution in [2.45, 2.75) is 25.3 Å². The zero-order valence-corrected chi connectivity index (χ0v) is 11.8. The van der Waals surface area contributed by atoms with Gasteiger partial charge in [0.2, 0.25) is 0 Å². The number of nitrogens with two attached hydrogens (primary N) is 1. The second-order valence-electron chi connectivity index (χ2n) is 4.83. The first-order valence-corrected chi connectivity index (χ1v) is 6.65. The van der Waals surface area contributed by atoms with Crippen LogP contribution >= 0.6 is 0 Å². The Morgan fingerprint density at radius 3 is 2.50 bits per heavy atom. The summed E-state index contributed by atoms with van der Waals surface area (Å²) in [7, 11) is 3.89. The minimum atomic E-state index is 0.379. The van der Waals surface area contributed by atoms with Gasteiger partial charge in [0.1, 0.15) is 0 Å². The Hall–Kier alpha value is -0.900. The minimum absolute atomic E-state index is 0.379. The highest BCUT2D eigenvalue weighted by Crippen LogP contribution is 2.21. The molecule has 0 saturated carbocycles. The third kappa shape index (κ3) is 4.41. The number of nitrogens with zero attached hydrogens (tertiary/aromatic N) is 1. The van der Waals surface area contributed by atoms with Gasteiger partial charge in [-0.05, 0) is 24.9 Å². The van der Waals surface area contributed by atoms with E-state index in [0.29, 0.717) is 18.5 Å². The molecule has 0 spiro atoms. The van der Waals surface area contributed by atoms with Crippen LogP contribution < -0.4 is 5.73 Å². The van der Waals surface area contributed by atoms with Crippen molar-refractivity contribution in [1.29, 1.82) is 0 Å². The Morgan fingerprint density at radius 1 is 1.28 bits per heavy atom. The average molecular weight is 250 g/mol. The second kappa shape index (κ2) is 8.25. The molecule has 3 heteroatoms. The Bertz CT molecular complexity index is 316. The summed E-state index contributed by atoms with van der Waals surface area (Å²) in [5.74, 6) is 0.448. The highest BCUT2D eigenvalue weighted by molar-refractivity contribution is 5.20. The summed E-state index contributed by atoms with van der Waals surface area (Å²) in [6.45, 7) is 4.76. The van der Waals surface area contributed by atoms with Crippen molar-refractivity contribution in [2.24, 2.45) is 5.73 Å². The summed E-state index contributed by atoms with van der Waals surface area (Å²) >= 11 is 0. The van der Waals surface area contributed by atoms with Crippen LogP contribution in [0.3, 0.4) is 0 Å². The molecule has 0 radical (unpaired) electrons. The SMILES string of the molecule is COCCCN(C)C(CN)C(C)c1ccccc1. The predicted molar refractivity (Wildman–Crippen MR) is 76.8 cm³/mol. The van der Waals surface area contributed by atoms with Crippen molar-refractivity contribution >= 4 is 0 Å². The molecule has 2 atom stereocenters. The van der Waals surface area contributed by atoms with Gasteiger partial charge in [-0.2, -0.15) is 0 Å². The van der Waals surface area contributed by atoms with E-state index < -0.39 is 0 Å². The van der Waals surface area contributed by atoms with Crippen molar-refractivity contribution in [3.63, 3.8) is 0 Å². The fourth-order valence-electron chi connectivity index (χ4n) is 2.37. The van der Waals surface area contributed by atoms with Crippen LogP contribution in [0.4, 0.5) is 0 Å². The minimum Gasteiger partial charge on any atom is -0.385 e. The van der Waals surface area contributed by atoms with Gasteiger partial charge in [0, 0.05) is 32.8 Å². The normalized spacial score (nSPS) is 14.7. The molecule has 2 unspecified atom stereocenters. The number of hydrogen-bond acceptors (Lipinski definition) is 3. The molecule has 102 valence electrons. The lowest BCUT2D eigenvalue weighted by atomic mass is 9.92. The van der Waals surface area contributed by atoms with E-state index in [0.717, 1.165) is 19.6 Å². The van der Waals surface area contributed by atoms with Crippen LogP contribution in [0, 0.1) is 0 Å². The number of likely N-dealkylation sites (N-methyl/N-ethyl adjacent to an activating group) is 1. The summed E-state index contributed by atoms with van der Waals surface area (Å²) in [5.41, 5.74) is 7.30. The Morgan fingerprint density at radius 2 is 1.94 bits per heavy atom. The van der Waals surface area contributed by atoms with Gasteiger partial charge in [-0.1, -0.05) is 37.3 Å². The fourth-order valence-corrected chi connectivity index (χ4v) is 2.37. The molecule has 1 aromatic carbocycles. The van der Waals surface area contributed by atoms with E-state index in [1.165, 1.54) is 5.56 Å². The molecular formula is C15H26N2O. The first kappa shape index (κ1) is 15.2. The van der Waals surface area contributed by atoms with E-state index >= 15 is 0 Å². The Labute approximate surface area is 111 Å². The molecule has 0 saturated heterocycles. The van der Waals surface area contributed by atoms with E-state index in [4.69, 9.17) is 10.5 Å². The van der Waals surface area contributed by atoms with Crippen molar-refractivity contribution in [3.05, 3.63) is 35.9 Å². The second-order valence-corrected chi connectivity index (χ2v) is 4.83. The molecule has 0 amide bonds. The fraction of sp³-hybridized carbons (Fsp3) is 0.600. The number of benzene rings is 1. The molecule has 0 aromatic heterocycles. The van der Waals surface area contributed by atoms with Crippen molar-refractivity contribution in [3.8, 4) is 0 Å². The lowest BCUT2D eigenvalue weighted by molar-refractivity contribution is 0.159. The van der Waals surface area contributed by atoms with Crippen LogP contribution in [0.5, 0.6) is 0 Å². The topological polar surface area (TPSA) is 38.5 Å². The first-order valence-electron chi connectivity index (χ1n) is 6.65. The van der Waals surface area contributed by atoms with Gasteiger partial charge in [0.25, 0.3) is 0 Å². The van der Waals surface area contributed by atoms with Gasteiger partial charge in [-0.15, -0.1) is 0 Å². The summed E-state index contributed by atoms with van der Waals surface area (Å²) in [4.78, 5) is 2.34. The molecule has 3 nitrogen and oxygen atoms in total. The maximum absolute atomic E-state index is 5.94. The monoisotopic (exact) mass is 250 g/mol. The quantitative estimate of drug-likeness (QED) is 0.718. The molecule has 0 bridgehead atoms. The van der Waals surface area contributed by atoms with Gasteiger partial charge in [0.05, 0.1) is 0 Å². The maximum atomic E-state index is 5.94. The largest absolute Gasteiger partial charge is 0.385 e. The Balaban J connectivity index is 2.59. The molecule has 0 fully saturated rings. The Kier molecular flexibility index (Phi) is 6.94. The third-order valence-electron chi connectivity index (χ3n) is 3.57. The molecule has 2 N–H and O–H groups in total. The zero-order valence-electron chi connectivity index (χ0n) is 11.8. The number of ether oxygens (including phenoxy) is 1. The predicted octanol–water partition coefficient (Wildman–Crippen LogP) is 2.09. The lowest BCUT2D eigenvalue weighted by Gasteiger charge is -2.32. The maximum Gasteiger partial charge on any atom is 0.0474 e. The van der Waals surface area contributed by atoms with E-state index in [9.17, 15) is 0 Å². The van der Waals surface area contributed by atoms with Gasteiger partial charge < -0.3 is 15.4 Å². The highest BCUT2D eigenvalue weighted by Gasteiger charge is 2.21. The van der Waals surface area contributed by atoms with Crippen LogP contribution in [-0.2, 0) is 4.74 Å². The third-order valence-corrected chi connectivity index (χ3v) is 3.57. The van der Waals surface area contributed by atoms with E-state index in [1.807, 2.05) is 0 Å². The van der Waals surface area contributed by atoms with Crippen LogP contribution in [0.25, 0.3) is 0 Å². The molecule has 1 rings (SSSR count). The summed E-state index contributed by atoms with van der Waals surface area (Å²) in [6.07, 6.45) is 1.05. The zero-order chi connectivity index (χ0) is 13.4. The molecule has 0 aliphatic heterocycles. The van der Waals surface area contributed by atoms with E-state index in [2.05, 4.69) is 49.2 Å². The van der Waals surface area contributed by atoms with Crippen molar-refractivity contribution < 1.29 is 4.74 Å².